The third kappa shape index (κ3) is 2.71. The first kappa shape index (κ1) is 8.26. The molecule has 9 heavy (non-hydrogen) atoms. The molecular weight excluding hydrogens is 406 g/mol. The standard InChI is InChI=1S/C6H3BrI2/c7-4-1-5(8)3-6(9)2-4/h1-3H. The van der Waals surface area contributed by atoms with Gasteiger partial charge < -0.3 is 0 Å². The van der Waals surface area contributed by atoms with Gasteiger partial charge in [-0.15, -0.1) is 0 Å². The van der Waals surface area contributed by atoms with Gasteiger partial charge in [-0.1, -0.05) is 15.9 Å². The van der Waals surface area contributed by atoms with Gasteiger partial charge in [0.2, 0.25) is 0 Å². The summed E-state index contributed by atoms with van der Waals surface area (Å²) < 4.78 is 3.69. The summed E-state index contributed by atoms with van der Waals surface area (Å²) in [4.78, 5) is 0. The van der Waals surface area contributed by atoms with Crippen molar-refractivity contribution in [3.05, 3.63) is 29.8 Å². The molecular formula is C6H3BrI2. The van der Waals surface area contributed by atoms with Crippen LogP contribution < -0.4 is 0 Å². The van der Waals surface area contributed by atoms with Crippen molar-refractivity contribution in [1.29, 1.82) is 0 Å². The minimum absolute atomic E-state index is 1.15. The Bertz CT molecular complexity index is 172. The average molecular weight is 409 g/mol. The fourth-order valence-corrected chi connectivity index (χ4v) is 3.81. The van der Waals surface area contributed by atoms with Crippen molar-refractivity contribution in [3.63, 3.8) is 0 Å². The van der Waals surface area contributed by atoms with Crippen LogP contribution in [-0.4, -0.2) is 0 Å². The Labute approximate surface area is 89.8 Å². The second kappa shape index (κ2) is 3.52. The molecule has 0 heterocycles. The predicted molar refractivity (Wildman–Crippen MR) is 59.6 cm³/mol. The van der Waals surface area contributed by atoms with E-state index in [2.05, 4.69) is 79.3 Å². The van der Waals surface area contributed by atoms with Crippen LogP contribution in [0.3, 0.4) is 0 Å². The van der Waals surface area contributed by atoms with Gasteiger partial charge in [0.05, 0.1) is 0 Å². The number of hydrogen-bond donors (Lipinski definition) is 0. The lowest BCUT2D eigenvalue weighted by Gasteiger charge is -1.92. The first-order valence-corrected chi connectivity index (χ1v) is 5.25. The maximum atomic E-state index is 3.40. The van der Waals surface area contributed by atoms with Gasteiger partial charge >= 0.3 is 0 Å². The number of hydrogen-bond acceptors (Lipinski definition) is 0. The fraction of sp³-hybridized carbons (Fsp3) is 0. The highest BCUT2D eigenvalue weighted by Crippen LogP contribution is 2.18. The Morgan fingerprint density at radius 1 is 1.00 bits per heavy atom. The highest BCUT2D eigenvalue weighted by molar-refractivity contribution is 14.1. The van der Waals surface area contributed by atoms with E-state index < -0.39 is 0 Å². The summed E-state index contributed by atoms with van der Waals surface area (Å²) in [6.07, 6.45) is 0. The summed E-state index contributed by atoms with van der Waals surface area (Å²) in [6, 6.07) is 6.30. The third-order valence-electron chi connectivity index (χ3n) is 0.827. The Morgan fingerprint density at radius 3 is 1.78 bits per heavy atom. The minimum Gasteiger partial charge on any atom is -0.0508 e. The van der Waals surface area contributed by atoms with E-state index in [4.69, 9.17) is 0 Å². The van der Waals surface area contributed by atoms with E-state index in [0.29, 0.717) is 0 Å². The van der Waals surface area contributed by atoms with Crippen LogP contribution in [0.1, 0.15) is 0 Å². The van der Waals surface area contributed by atoms with Crippen molar-refractivity contribution in [2.45, 2.75) is 0 Å². The second-order valence-electron chi connectivity index (χ2n) is 1.59. The van der Waals surface area contributed by atoms with Gasteiger partial charge in [-0.25, -0.2) is 0 Å². The van der Waals surface area contributed by atoms with E-state index in [1.54, 1.807) is 0 Å². The molecule has 0 aliphatic rings. The highest BCUT2D eigenvalue weighted by atomic mass is 127. The minimum atomic E-state index is 1.15. The molecule has 0 fully saturated rings. The zero-order valence-electron chi connectivity index (χ0n) is 4.37. The molecule has 0 aromatic heterocycles. The Morgan fingerprint density at radius 2 is 1.44 bits per heavy atom. The van der Waals surface area contributed by atoms with Crippen LogP contribution >= 0.6 is 61.1 Å². The Balaban J connectivity index is 3.17. The van der Waals surface area contributed by atoms with Crippen molar-refractivity contribution < 1.29 is 0 Å². The third-order valence-corrected chi connectivity index (χ3v) is 2.53. The molecule has 0 saturated heterocycles. The molecule has 0 unspecified atom stereocenters. The van der Waals surface area contributed by atoms with Crippen LogP contribution in [-0.2, 0) is 0 Å². The van der Waals surface area contributed by atoms with Crippen molar-refractivity contribution >= 4 is 61.1 Å². The van der Waals surface area contributed by atoms with Crippen molar-refractivity contribution in [3.8, 4) is 0 Å². The maximum Gasteiger partial charge on any atom is 0.0196 e. The predicted octanol–water partition coefficient (Wildman–Crippen LogP) is 3.66. The molecule has 1 rings (SSSR count). The first-order valence-electron chi connectivity index (χ1n) is 2.30. The van der Waals surface area contributed by atoms with E-state index in [-0.39, 0.29) is 0 Å². The molecule has 0 bridgehead atoms. The van der Waals surface area contributed by atoms with Gasteiger partial charge in [-0.2, -0.15) is 0 Å². The molecule has 1 aromatic carbocycles. The van der Waals surface area contributed by atoms with Gasteiger partial charge in [-0.3, -0.25) is 0 Å². The van der Waals surface area contributed by atoms with Gasteiger partial charge in [0.15, 0.2) is 0 Å². The van der Waals surface area contributed by atoms with Gasteiger partial charge in [0, 0.05) is 11.6 Å². The molecule has 48 valence electrons. The Kier molecular flexibility index (Phi) is 3.23. The molecule has 3 heteroatoms. The monoisotopic (exact) mass is 408 g/mol. The molecule has 0 aliphatic heterocycles. The zero-order valence-corrected chi connectivity index (χ0v) is 10.3. The molecule has 1 aromatic rings. The normalized spacial score (nSPS) is 9.67. The first-order chi connectivity index (χ1) is 4.18. The second-order valence-corrected chi connectivity index (χ2v) is 4.99. The molecule has 0 N–H and O–H groups in total. The fourth-order valence-electron chi connectivity index (χ4n) is 0.520. The van der Waals surface area contributed by atoms with Gasteiger partial charge in [-0.05, 0) is 63.4 Å². The van der Waals surface area contributed by atoms with Crippen LogP contribution in [0, 0.1) is 7.14 Å². The van der Waals surface area contributed by atoms with E-state index in [1.807, 2.05) is 0 Å². The topological polar surface area (TPSA) is 0 Å². The number of halogens is 3. The Hall–Kier alpha value is 1.16. The summed E-state index contributed by atoms with van der Waals surface area (Å²) in [5.41, 5.74) is 0. The van der Waals surface area contributed by atoms with Crippen LogP contribution in [0.4, 0.5) is 0 Å². The molecule has 0 spiro atoms. The summed E-state index contributed by atoms with van der Waals surface area (Å²) in [5.74, 6) is 0. The largest absolute Gasteiger partial charge is 0.0508 e. The number of rotatable bonds is 0. The number of benzene rings is 1. The molecule has 0 saturated carbocycles. The van der Waals surface area contributed by atoms with E-state index >= 15 is 0 Å². The van der Waals surface area contributed by atoms with Crippen LogP contribution in [0.5, 0.6) is 0 Å². The zero-order chi connectivity index (χ0) is 6.85. The van der Waals surface area contributed by atoms with Crippen molar-refractivity contribution in [1.82, 2.24) is 0 Å². The lowest BCUT2D eigenvalue weighted by molar-refractivity contribution is 1.55. The smallest absolute Gasteiger partial charge is 0.0196 e. The summed E-state index contributed by atoms with van der Waals surface area (Å²) in [6.45, 7) is 0. The van der Waals surface area contributed by atoms with Gasteiger partial charge in [0.1, 0.15) is 0 Å². The van der Waals surface area contributed by atoms with Crippen LogP contribution in [0.25, 0.3) is 0 Å². The summed E-state index contributed by atoms with van der Waals surface area (Å²) >= 11 is 8.00. The van der Waals surface area contributed by atoms with E-state index in [1.165, 1.54) is 7.14 Å². The molecule has 0 nitrogen and oxygen atoms in total. The SMILES string of the molecule is Brc1cc(I)cc(I)c1. The quantitative estimate of drug-likeness (QED) is 0.575. The maximum absolute atomic E-state index is 3.40. The highest BCUT2D eigenvalue weighted by Gasteiger charge is 1.91. The summed E-state index contributed by atoms with van der Waals surface area (Å²) in [7, 11) is 0. The van der Waals surface area contributed by atoms with Crippen molar-refractivity contribution in [2.24, 2.45) is 0 Å². The summed E-state index contributed by atoms with van der Waals surface area (Å²) in [5, 5.41) is 0. The molecule has 0 radical (unpaired) electrons. The lowest BCUT2D eigenvalue weighted by Crippen LogP contribution is -1.73. The molecule has 0 atom stereocenters. The van der Waals surface area contributed by atoms with E-state index in [0.717, 1.165) is 4.47 Å². The average Bonchev–Trinajstić information content (AvgIpc) is 1.59. The van der Waals surface area contributed by atoms with Crippen molar-refractivity contribution in [2.75, 3.05) is 0 Å². The van der Waals surface area contributed by atoms with Crippen LogP contribution in [0.2, 0.25) is 0 Å². The van der Waals surface area contributed by atoms with Crippen LogP contribution in [0.15, 0.2) is 22.7 Å². The van der Waals surface area contributed by atoms with Gasteiger partial charge in [0.25, 0.3) is 0 Å². The lowest BCUT2D eigenvalue weighted by atomic mass is 10.4. The molecule has 0 aliphatic carbocycles. The van der Waals surface area contributed by atoms with E-state index in [9.17, 15) is 0 Å². The molecule has 0 amide bonds.